The van der Waals surface area contributed by atoms with E-state index in [9.17, 15) is 4.79 Å². The number of carbonyl (C=O) groups excluding carboxylic acids is 1. The Bertz CT molecular complexity index is 723. The summed E-state index contributed by atoms with van der Waals surface area (Å²) in [5.41, 5.74) is 2.20. The molecule has 1 N–H and O–H groups in total. The molecule has 1 aromatic carbocycles. The third kappa shape index (κ3) is 4.59. The van der Waals surface area contributed by atoms with E-state index in [-0.39, 0.29) is 11.9 Å². The number of carbonyl (C=O) groups is 1. The number of aromatic nitrogens is 1. The molecular formula is C20H26N4O2. The van der Waals surface area contributed by atoms with Crippen molar-refractivity contribution < 1.29 is 9.53 Å². The van der Waals surface area contributed by atoms with Gasteiger partial charge in [0.15, 0.2) is 0 Å². The topological polar surface area (TPSA) is 57.7 Å². The molecular weight excluding hydrogens is 328 g/mol. The van der Waals surface area contributed by atoms with E-state index >= 15 is 0 Å². The summed E-state index contributed by atoms with van der Waals surface area (Å²) in [6.45, 7) is 3.54. The minimum Gasteiger partial charge on any atom is -0.497 e. The van der Waals surface area contributed by atoms with Gasteiger partial charge in [0.05, 0.1) is 13.7 Å². The van der Waals surface area contributed by atoms with Gasteiger partial charge in [-0.2, -0.15) is 0 Å². The fourth-order valence-electron chi connectivity index (χ4n) is 3.26. The second-order valence-corrected chi connectivity index (χ2v) is 6.58. The van der Waals surface area contributed by atoms with Crippen molar-refractivity contribution in [1.29, 1.82) is 0 Å². The second-order valence-electron chi connectivity index (χ2n) is 6.58. The predicted octanol–water partition coefficient (Wildman–Crippen LogP) is 1.70. The Balaban J connectivity index is 1.63. The van der Waals surface area contributed by atoms with Gasteiger partial charge in [0.1, 0.15) is 5.75 Å². The van der Waals surface area contributed by atoms with Crippen LogP contribution in [-0.4, -0.2) is 61.0 Å². The Morgan fingerprint density at radius 3 is 3.04 bits per heavy atom. The number of likely N-dealkylation sites (N-methyl/N-ethyl adjacent to an activating group) is 1. The molecule has 1 unspecified atom stereocenters. The molecule has 3 rings (SSSR count). The maximum atomic E-state index is 12.8. The molecule has 0 bridgehead atoms. The van der Waals surface area contributed by atoms with E-state index in [1.165, 1.54) is 0 Å². The molecule has 0 aliphatic carbocycles. The number of nitrogens with one attached hydrogen (secondary N) is 1. The molecule has 2 heterocycles. The van der Waals surface area contributed by atoms with Crippen LogP contribution in [0.1, 0.15) is 17.2 Å². The number of amides is 1. The number of pyridine rings is 1. The van der Waals surface area contributed by atoms with Crippen molar-refractivity contribution in [3.05, 3.63) is 59.9 Å². The minimum absolute atomic E-state index is 0.114. The van der Waals surface area contributed by atoms with Crippen LogP contribution in [0, 0.1) is 0 Å². The van der Waals surface area contributed by atoms with Gasteiger partial charge in [0, 0.05) is 51.7 Å². The lowest BCUT2D eigenvalue weighted by molar-refractivity contribution is -0.132. The highest BCUT2D eigenvalue weighted by molar-refractivity contribution is 5.78. The van der Waals surface area contributed by atoms with Gasteiger partial charge in [-0.05, 0) is 29.3 Å². The number of hydrogen-bond donors (Lipinski definition) is 1. The first-order chi connectivity index (χ1) is 12.7. The second kappa shape index (κ2) is 8.78. The Kier molecular flexibility index (Phi) is 6.20. The lowest BCUT2D eigenvalue weighted by Crippen LogP contribution is -2.49. The third-order valence-electron chi connectivity index (χ3n) is 4.74. The van der Waals surface area contributed by atoms with Crippen molar-refractivity contribution in [1.82, 2.24) is 20.1 Å². The van der Waals surface area contributed by atoms with Crippen LogP contribution in [0.25, 0.3) is 0 Å². The Hall–Kier alpha value is -2.44. The molecule has 26 heavy (non-hydrogen) atoms. The normalized spacial score (nSPS) is 17.7. The highest BCUT2D eigenvalue weighted by Gasteiger charge is 2.26. The van der Waals surface area contributed by atoms with Crippen LogP contribution in [0.2, 0.25) is 0 Å². The standard InChI is InChI=1S/C20H26N4O2/c1-23(14-16-5-3-7-18(11-16)26-2)20(25)15-24-10-9-22-13-19(24)17-6-4-8-21-12-17/h3-8,11-12,19,22H,9-10,13-15H2,1-2H3. The van der Waals surface area contributed by atoms with Crippen LogP contribution in [-0.2, 0) is 11.3 Å². The maximum Gasteiger partial charge on any atom is 0.236 e. The summed E-state index contributed by atoms with van der Waals surface area (Å²) < 4.78 is 5.26. The van der Waals surface area contributed by atoms with Gasteiger partial charge < -0.3 is 15.0 Å². The molecule has 1 fully saturated rings. The molecule has 1 aliphatic rings. The summed E-state index contributed by atoms with van der Waals surface area (Å²) in [7, 11) is 3.50. The molecule has 1 atom stereocenters. The number of hydrogen-bond acceptors (Lipinski definition) is 5. The van der Waals surface area contributed by atoms with Crippen LogP contribution in [0.4, 0.5) is 0 Å². The lowest BCUT2D eigenvalue weighted by Gasteiger charge is -2.36. The highest BCUT2D eigenvalue weighted by atomic mass is 16.5. The number of rotatable bonds is 6. The van der Waals surface area contributed by atoms with E-state index in [1.807, 2.05) is 43.6 Å². The number of benzene rings is 1. The fraction of sp³-hybridized carbons (Fsp3) is 0.400. The Morgan fingerprint density at radius 2 is 2.27 bits per heavy atom. The van der Waals surface area contributed by atoms with Crippen molar-refractivity contribution in [2.45, 2.75) is 12.6 Å². The maximum absolute atomic E-state index is 12.8. The smallest absolute Gasteiger partial charge is 0.236 e. The van der Waals surface area contributed by atoms with Crippen LogP contribution in [0.3, 0.4) is 0 Å². The number of piperazine rings is 1. The first-order valence-electron chi connectivity index (χ1n) is 8.89. The van der Waals surface area contributed by atoms with E-state index < -0.39 is 0 Å². The largest absolute Gasteiger partial charge is 0.497 e. The Labute approximate surface area is 154 Å². The monoisotopic (exact) mass is 354 g/mol. The van der Waals surface area contributed by atoms with Gasteiger partial charge in [0.25, 0.3) is 0 Å². The average Bonchev–Trinajstić information content (AvgIpc) is 2.69. The van der Waals surface area contributed by atoms with Crippen LogP contribution >= 0.6 is 0 Å². The molecule has 0 spiro atoms. The average molecular weight is 354 g/mol. The van der Waals surface area contributed by atoms with Gasteiger partial charge in [-0.1, -0.05) is 18.2 Å². The predicted molar refractivity (Wildman–Crippen MR) is 101 cm³/mol. The van der Waals surface area contributed by atoms with Gasteiger partial charge in [-0.25, -0.2) is 0 Å². The SMILES string of the molecule is COc1cccc(CN(C)C(=O)CN2CCNCC2c2cccnc2)c1. The molecule has 1 amide bonds. The van der Waals surface area contributed by atoms with E-state index in [1.54, 1.807) is 18.2 Å². The molecule has 1 aliphatic heterocycles. The van der Waals surface area contributed by atoms with Crippen molar-refractivity contribution in [3.63, 3.8) is 0 Å². The van der Waals surface area contributed by atoms with Crippen LogP contribution in [0.5, 0.6) is 5.75 Å². The molecule has 0 saturated carbocycles. The first kappa shape index (κ1) is 18.4. The summed E-state index contributed by atoms with van der Waals surface area (Å²) in [6.07, 6.45) is 3.66. The van der Waals surface area contributed by atoms with Crippen LogP contribution in [0.15, 0.2) is 48.8 Å². The minimum atomic E-state index is 0.114. The van der Waals surface area contributed by atoms with E-state index in [2.05, 4.69) is 21.3 Å². The van der Waals surface area contributed by atoms with Crippen molar-refractivity contribution >= 4 is 5.91 Å². The van der Waals surface area contributed by atoms with Crippen molar-refractivity contribution in [2.24, 2.45) is 0 Å². The number of ether oxygens (including phenoxy) is 1. The molecule has 0 radical (unpaired) electrons. The molecule has 1 saturated heterocycles. The van der Waals surface area contributed by atoms with E-state index in [0.717, 1.165) is 36.5 Å². The quantitative estimate of drug-likeness (QED) is 0.856. The van der Waals surface area contributed by atoms with E-state index in [0.29, 0.717) is 13.1 Å². The van der Waals surface area contributed by atoms with Crippen molar-refractivity contribution in [2.75, 3.05) is 40.3 Å². The summed E-state index contributed by atoms with van der Waals surface area (Å²) in [4.78, 5) is 21.0. The summed E-state index contributed by atoms with van der Waals surface area (Å²) in [5, 5.41) is 3.41. The van der Waals surface area contributed by atoms with Gasteiger partial charge in [0.2, 0.25) is 5.91 Å². The van der Waals surface area contributed by atoms with Gasteiger partial charge >= 0.3 is 0 Å². The molecule has 6 nitrogen and oxygen atoms in total. The summed E-state index contributed by atoms with van der Waals surface area (Å²) in [5.74, 6) is 0.922. The molecule has 138 valence electrons. The van der Waals surface area contributed by atoms with Gasteiger partial charge in [-0.3, -0.25) is 14.7 Å². The zero-order valence-corrected chi connectivity index (χ0v) is 15.4. The zero-order valence-electron chi connectivity index (χ0n) is 15.4. The van der Waals surface area contributed by atoms with E-state index in [4.69, 9.17) is 4.74 Å². The van der Waals surface area contributed by atoms with Gasteiger partial charge in [-0.15, -0.1) is 0 Å². The number of methoxy groups -OCH3 is 1. The summed E-state index contributed by atoms with van der Waals surface area (Å²) in [6, 6.07) is 12.0. The molecule has 2 aromatic rings. The number of nitrogens with zero attached hydrogens (tertiary/aromatic N) is 3. The van der Waals surface area contributed by atoms with Crippen LogP contribution < -0.4 is 10.1 Å². The molecule has 1 aromatic heterocycles. The summed E-state index contributed by atoms with van der Waals surface area (Å²) >= 11 is 0. The third-order valence-corrected chi connectivity index (χ3v) is 4.74. The first-order valence-corrected chi connectivity index (χ1v) is 8.89. The lowest BCUT2D eigenvalue weighted by atomic mass is 10.1. The fourth-order valence-corrected chi connectivity index (χ4v) is 3.26. The highest BCUT2D eigenvalue weighted by Crippen LogP contribution is 2.21. The van der Waals surface area contributed by atoms with Crippen molar-refractivity contribution in [3.8, 4) is 5.75 Å². The Morgan fingerprint density at radius 1 is 1.38 bits per heavy atom. The zero-order chi connectivity index (χ0) is 18.4. The molecule has 6 heteroatoms.